The minimum absolute atomic E-state index is 0.185. The van der Waals surface area contributed by atoms with Crippen molar-refractivity contribution in [3.63, 3.8) is 0 Å². The molecule has 0 heterocycles. The van der Waals surface area contributed by atoms with E-state index in [1.807, 2.05) is 0 Å². The molecule has 0 aromatic heterocycles. The van der Waals surface area contributed by atoms with Gasteiger partial charge in [-0.1, -0.05) is 17.7 Å². The number of ether oxygens (including phenoxy) is 1. The maximum absolute atomic E-state index is 11.0. The Hall–Kier alpha value is -1.51. The number of nitrogens with one attached hydrogen (secondary N) is 1. The molecule has 0 saturated carbocycles. The summed E-state index contributed by atoms with van der Waals surface area (Å²) in [6.45, 7) is 6.83. The minimum atomic E-state index is -0.185. The molecule has 88 valence electrons. The number of carbonyl (C=O) groups excluding carboxylic acids is 1. The van der Waals surface area contributed by atoms with E-state index in [1.54, 1.807) is 0 Å². The highest BCUT2D eigenvalue weighted by Crippen LogP contribution is 2.21. The number of anilines is 1. The third-order valence-corrected chi connectivity index (χ3v) is 2.54. The predicted octanol–water partition coefficient (Wildman–Crippen LogP) is 2.59. The third-order valence-electron chi connectivity index (χ3n) is 2.54. The number of hydrogen-bond acceptors (Lipinski definition) is 3. The molecule has 0 saturated heterocycles. The molecule has 0 bridgehead atoms. The van der Waals surface area contributed by atoms with Crippen molar-refractivity contribution in [1.82, 2.24) is 0 Å². The van der Waals surface area contributed by atoms with Crippen molar-refractivity contribution in [3.8, 4) is 0 Å². The minimum Gasteiger partial charge on any atom is -0.469 e. The summed E-state index contributed by atoms with van der Waals surface area (Å²) in [5.41, 5.74) is 4.80. The van der Waals surface area contributed by atoms with Gasteiger partial charge in [-0.2, -0.15) is 0 Å². The molecule has 0 atom stereocenters. The molecular weight excluding hydrogens is 202 g/mol. The molecular formula is C13H19NO2. The molecule has 3 heteroatoms. The first kappa shape index (κ1) is 12.6. The zero-order chi connectivity index (χ0) is 12.1. The maximum Gasteiger partial charge on any atom is 0.307 e. The van der Waals surface area contributed by atoms with Crippen LogP contribution in [0.5, 0.6) is 0 Å². The molecule has 0 unspecified atom stereocenters. The van der Waals surface area contributed by atoms with Gasteiger partial charge in [0.2, 0.25) is 0 Å². The first-order chi connectivity index (χ1) is 7.54. The number of rotatable bonds is 4. The van der Waals surface area contributed by atoms with Crippen molar-refractivity contribution in [2.45, 2.75) is 27.2 Å². The van der Waals surface area contributed by atoms with Crippen LogP contribution in [0.25, 0.3) is 0 Å². The zero-order valence-corrected chi connectivity index (χ0v) is 10.4. The van der Waals surface area contributed by atoms with Gasteiger partial charge in [0, 0.05) is 12.2 Å². The lowest BCUT2D eigenvalue weighted by atomic mass is 10.1. The monoisotopic (exact) mass is 221 g/mol. The molecule has 0 radical (unpaired) electrons. The number of benzene rings is 1. The Morgan fingerprint density at radius 1 is 1.25 bits per heavy atom. The zero-order valence-electron chi connectivity index (χ0n) is 10.4. The van der Waals surface area contributed by atoms with Crippen LogP contribution in [0.15, 0.2) is 12.1 Å². The Labute approximate surface area is 96.8 Å². The first-order valence-electron chi connectivity index (χ1n) is 5.43. The van der Waals surface area contributed by atoms with E-state index in [0.717, 1.165) is 5.69 Å². The summed E-state index contributed by atoms with van der Waals surface area (Å²) in [4.78, 5) is 11.0. The van der Waals surface area contributed by atoms with E-state index in [4.69, 9.17) is 0 Å². The normalized spacial score (nSPS) is 10.0. The van der Waals surface area contributed by atoms with Gasteiger partial charge in [-0.15, -0.1) is 0 Å². The lowest BCUT2D eigenvalue weighted by Crippen LogP contribution is -2.11. The SMILES string of the molecule is COC(=O)CCNc1c(C)cc(C)cc1C. The molecule has 0 fully saturated rings. The average Bonchev–Trinajstić information content (AvgIpc) is 2.21. The van der Waals surface area contributed by atoms with Crippen molar-refractivity contribution in [1.29, 1.82) is 0 Å². The second-order valence-electron chi connectivity index (χ2n) is 4.03. The number of hydrogen-bond donors (Lipinski definition) is 1. The standard InChI is InChI=1S/C13H19NO2/c1-9-7-10(2)13(11(3)8-9)14-6-5-12(15)16-4/h7-8,14H,5-6H2,1-4H3. The van der Waals surface area contributed by atoms with Crippen LogP contribution in [0, 0.1) is 20.8 Å². The van der Waals surface area contributed by atoms with Crippen LogP contribution >= 0.6 is 0 Å². The van der Waals surface area contributed by atoms with Crippen LogP contribution in [-0.2, 0) is 9.53 Å². The van der Waals surface area contributed by atoms with E-state index in [2.05, 4.69) is 43.0 Å². The highest BCUT2D eigenvalue weighted by Gasteiger charge is 2.04. The molecule has 0 spiro atoms. The molecule has 0 aliphatic rings. The molecule has 1 aromatic rings. The highest BCUT2D eigenvalue weighted by atomic mass is 16.5. The highest BCUT2D eigenvalue weighted by molar-refractivity contribution is 5.70. The van der Waals surface area contributed by atoms with Gasteiger partial charge in [0.05, 0.1) is 13.5 Å². The van der Waals surface area contributed by atoms with Gasteiger partial charge in [-0.25, -0.2) is 0 Å². The largest absolute Gasteiger partial charge is 0.469 e. The lowest BCUT2D eigenvalue weighted by molar-refractivity contribution is -0.140. The van der Waals surface area contributed by atoms with Gasteiger partial charge in [-0.3, -0.25) is 4.79 Å². The van der Waals surface area contributed by atoms with Crippen molar-refractivity contribution in [3.05, 3.63) is 28.8 Å². The van der Waals surface area contributed by atoms with Gasteiger partial charge >= 0.3 is 5.97 Å². The van der Waals surface area contributed by atoms with Crippen molar-refractivity contribution in [2.75, 3.05) is 19.0 Å². The van der Waals surface area contributed by atoms with Gasteiger partial charge in [-0.05, 0) is 31.9 Å². The molecule has 0 aliphatic carbocycles. The van der Waals surface area contributed by atoms with E-state index in [0.29, 0.717) is 13.0 Å². The molecule has 0 amide bonds. The Balaban J connectivity index is 2.64. The van der Waals surface area contributed by atoms with Gasteiger partial charge in [0.15, 0.2) is 0 Å². The summed E-state index contributed by atoms with van der Waals surface area (Å²) in [6.07, 6.45) is 0.392. The summed E-state index contributed by atoms with van der Waals surface area (Å²) in [6, 6.07) is 4.26. The van der Waals surface area contributed by atoms with E-state index in [1.165, 1.54) is 23.8 Å². The third kappa shape index (κ3) is 3.26. The van der Waals surface area contributed by atoms with E-state index < -0.39 is 0 Å². The first-order valence-corrected chi connectivity index (χ1v) is 5.43. The molecule has 1 aromatic carbocycles. The predicted molar refractivity (Wildman–Crippen MR) is 65.8 cm³/mol. The molecule has 3 nitrogen and oxygen atoms in total. The summed E-state index contributed by atoms with van der Waals surface area (Å²) >= 11 is 0. The van der Waals surface area contributed by atoms with Gasteiger partial charge in [0.25, 0.3) is 0 Å². The molecule has 0 aliphatic heterocycles. The van der Waals surface area contributed by atoms with Crippen LogP contribution < -0.4 is 5.32 Å². The number of carbonyl (C=O) groups is 1. The van der Waals surface area contributed by atoms with Crippen molar-refractivity contribution < 1.29 is 9.53 Å². The number of methoxy groups -OCH3 is 1. The number of esters is 1. The topological polar surface area (TPSA) is 38.3 Å². The summed E-state index contributed by atoms with van der Waals surface area (Å²) in [5.74, 6) is -0.185. The number of aryl methyl sites for hydroxylation is 3. The van der Waals surface area contributed by atoms with Crippen LogP contribution in [0.4, 0.5) is 5.69 Å². The average molecular weight is 221 g/mol. The van der Waals surface area contributed by atoms with Gasteiger partial charge in [0.1, 0.15) is 0 Å². The summed E-state index contributed by atoms with van der Waals surface area (Å²) in [7, 11) is 1.41. The summed E-state index contributed by atoms with van der Waals surface area (Å²) < 4.78 is 4.59. The van der Waals surface area contributed by atoms with Crippen LogP contribution in [0.1, 0.15) is 23.1 Å². The molecule has 1 N–H and O–H groups in total. The van der Waals surface area contributed by atoms with E-state index in [9.17, 15) is 4.79 Å². The molecule has 1 rings (SSSR count). The van der Waals surface area contributed by atoms with Crippen LogP contribution in [0.3, 0.4) is 0 Å². The van der Waals surface area contributed by atoms with E-state index >= 15 is 0 Å². The Kier molecular flexibility index (Phi) is 4.35. The second kappa shape index (κ2) is 5.54. The Morgan fingerprint density at radius 3 is 2.31 bits per heavy atom. The summed E-state index contributed by atoms with van der Waals surface area (Å²) in [5, 5.41) is 3.27. The Bertz CT molecular complexity index is 363. The fraction of sp³-hybridized carbons (Fsp3) is 0.462. The second-order valence-corrected chi connectivity index (χ2v) is 4.03. The Morgan fingerprint density at radius 2 is 1.81 bits per heavy atom. The van der Waals surface area contributed by atoms with E-state index in [-0.39, 0.29) is 5.97 Å². The molecule has 16 heavy (non-hydrogen) atoms. The maximum atomic E-state index is 11.0. The van der Waals surface area contributed by atoms with Crippen molar-refractivity contribution in [2.24, 2.45) is 0 Å². The fourth-order valence-corrected chi connectivity index (χ4v) is 1.85. The quantitative estimate of drug-likeness (QED) is 0.794. The van der Waals surface area contributed by atoms with Gasteiger partial charge < -0.3 is 10.1 Å². The van der Waals surface area contributed by atoms with Crippen LogP contribution in [0.2, 0.25) is 0 Å². The fourth-order valence-electron chi connectivity index (χ4n) is 1.85. The smallest absolute Gasteiger partial charge is 0.307 e. The lowest BCUT2D eigenvalue weighted by Gasteiger charge is -2.13. The van der Waals surface area contributed by atoms with Crippen LogP contribution in [-0.4, -0.2) is 19.6 Å². The van der Waals surface area contributed by atoms with Crippen molar-refractivity contribution >= 4 is 11.7 Å².